The predicted molar refractivity (Wildman–Crippen MR) is 58.5 cm³/mol. The summed E-state index contributed by atoms with van der Waals surface area (Å²) in [6.45, 7) is 4.23. The van der Waals surface area contributed by atoms with E-state index in [1.165, 1.54) is 12.1 Å². The molecule has 2 nitrogen and oxygen atoms in total. The van der Waals surface area contributed by atoms with Crippen LogP contribution in [0, 0.1) is 11.7 Å². The number of esters is 1. The van der Waals surface area contributed by atoms with Crippen LogP contribution < -0.4 is 0 Å². The first-order valence-electron chi connectivity index (χ1n) is 5.50. The van der Waals surface area contributed by atoms with Crippen LogP contribution in [-0.2, 0) is 14.9 Å². The maximum Gasteiger partial charge on any atom is 0.309 e. The molecule has 0 spiro atoms. The first-order chi connectivity index (χ1) is 7.58. The highest BCUT2D eigenvalue weighted by atomic mass is 19.1. The molecule has 0 radical (unpaired) electrons. The van der Waals surface area contributed by atoms with Crippen molar-refractivity contribution in [2.24, 2.45) is 5.92 Å². The molecule has 86 valence electrons. The van der Waals surface area contributed by atoms with Gasteiger partial charge in [-0.2, -0.15) is 0 Å². The van der Waals surface area contributed by atoms with Crippen LogP contribution in [0.1, 0.15) is 25.8 Å². The molecule has 0 aromatic heterocycles. The molecule has 16 heavy (non-hydrogen) atoms. The molecule has 1 fully saturated rings. The SMILES string of the molecule is CCOC(=O)[C@@H]1C[C@]1(C)c1ccc(F)cc1. The van der Waals surface area contributed by atoms with Gasteiger partial charge in [-0.15, -0.1) is 0 Å². The van der Waals surface area contributed by atoms with Crippen molar-refractivity contribution >= 4 is 5.97 Å². The van der Waals surface area contributed by atoms with Gasteiger partial charge < -0.3 is 4.74 Å². The van der Waals surface area contributed by atoms with E-state index >= 15 is 0 Å². The highest BCUT2D eigenvalue weighted by Gasteiger charge is 2.56. The van der Waals surface area contributed by atoms with E-state index in [9.17, 15) is 9.18 Å². The monoisotopic (exact) mass is 222 g/mol. The van der Waals surface area contributed by atoms with Gasteiger partial charge in [-0.25, -0.2) is 4.39 Å². The highest BCUT2D eigenvalue weighted by molar-refractivity contribution is 5.79. The number of carbonyl (C=O) groups is 1. The molecule has 1 aliphatic rings. The van der Waals surface area contributed by atoms with Crippen molar-refractivity contribution in [2.45, 2.75) is 25.7 Å². The van der Waals surface area contributed by atoms with Gasteiger partial charge in [0.05, 0.1) is 12.5 Å². The van der Waals surface area contributed by atoms with Crippen molar-refractivity contribution < 1.29 is 13.9 Å². The van der Waals surface area contributed by atoms with Gasteiger partial charge in [0.15, 0.2) is 0 Å². The molecular weight excluding hydrogens is 207 g/mol. The van der Waals surface area contributed by atoms with Crippen molar-refractivity contribution in [3.8, 4) is 0 Å². The molecule has 1 saturated carbocycles. The summed E-state index contributed by atoms with van der Waals surface area (Å²) in [5, 5.41) is 0. The second-order valence-corrected chi connectivity index (χ2v) is 4.43. The van der Waals surface area contributed by atoms with Gasteiger partial charge in [0, 0.05) is 5.41 Å². The molecule has 0 amide bonds. The van der Waals surface area contributed by atoms with E-state index in [1.807, 2.05) is 6.92 Å². The Bertz CT molecular complexity index is 399. The maximum absolute atomic E-state index is 12.8. The summed E-state index contributed by atoms with van der Waals surface area (Å²) < 4.78 is 17.8. The quantitative estimate of drug-likeness (QED) is 0.735. The highest BCUT2D eigenvalue weighted by Crippen LogP contribution is 2.54. The third kappa shape index (κ3) is 1.82. The van der Waals surface area contributed by atoms with Gasteiger partial charge in [-0.3, -0.25) is 4.79 Å². The number of hydrogen-bond donors (Lipinski definition) is 0. The van der Waals surface area contributed by atoms with E-state index in [-0.39, 0.29) is 23.1 Å². The zero-order valence-corrected chi connectivity index (χ0v) is 9.50. The molecule has 2 rings (SSSR count). The fourth-order valence-corrected chi connectivity index (χ4v) is 2.10. The largest absolute Gasteiger partial charge is 0.466 e. The zero-order valence-electron chi connectivity index (χ0n) is 9.50. The first kappa shape index (κ1) is 11.1. The molecule has 0 bridgehead atoms. The lowest BCUT2D eigenvalue weighted by Gasteiger charge is -2.11. The minimum Gasteiger partial charge on any atom is -0.466 e. The van der Waals surface area contributed by atoms with Gasteiger partial charge in [-0.1, -0.05) is 19.1 Å². The minimum absolute atomic E-state index is 0.0714. The number of benzene rings is 1. The Balaban J connectivity index is 2.12. The second kappa shape index (κ2) is 3.89. The smallest absolute Gasteiger partial charge is 0.309 e. The third-order valence-electron chi connectivity index (χ3n) is 3.31. The fraction of sp³-hybridized carbons (Fsp3) is 0.462. The number of carbonyl (C=O) groups excluding carboxylic acids is 1. The van der Waals surface area contributed by atoms with Crippen molar-refractivity contribution in [1.29, 1.82) is 0 Å². The molecule has 0 N–H and O–H groups in total. The van der Waals surface area contributed by atoms with E-state index in [1.54, 1.807) is 19.1 Å². The molecule has 0 saturated heterocycles. The Kier molecular flexibility index (Phi) is 2.70. The fourth-order valence-electron chi connectivity index (χ4n) is 2.10. The van der Waals surface area contributed by atoms with E-state index in [0.717, 1.165) is 12.0 Å². The van der Waals surface area contributed by atoms with Crippen molar-refractivity contribution in [1.82, 2.24) is 0 Å². The van der Waals surface area contributed by atoms with Crippen LogP contribution in [0.15, 0.2) is 24.3 Å². The van der Waals surface area contributed by atoms with Crippen LogP contribution in [0.5, 0.6) is 0 Å². The van der Waals surface area contributed by atoms with Gasteiger partial charge in [0.1, 0.15) is 5.82 Å². The summed E-state index contributed by atoms with van der Waals surface area (Å²) >= 11 is 0. The topological polar surface area (TPSA) is 26.3 Å². The van der Waals surface area contributed by atoms with Crippen LogP contribution in [0.2, 0.25) is 0 Å². The van der Waals surface area contributed by atoms with Crippen LogP contribution in [0.4, 0.5) is 4.39 Å². The Hall–Kier alpha value is -1.38. The number of halogens is 1. The van der Waals surface area contributed by atoms with E-state index < -0.39 is 0 Å². The third-order valence-corrected chi connectivity index (χ3v) is 3.31. The number of hydrogen-bond acceptors (Lipinski definition) is 2. The molecule has 1 aliphatic carbocycles. The Morgan fingerprint density at radius 1 is 1.50 bits per heavy atom. The van der Waals surface area contributed by atoms with Gasteiger partial charge >= 0.3 is 5.97 Å². The van der Waals surface area contributed by atoms with Crippen LogP contribution in [-0.4, -0.2) is 12.6 Å². The molecule has 0 aliphatic heterocycles. The molecule has 1 aromatic carbocycles. The number of rotatable bonds is 3. The van der Waals surface area contributed by atoms with Gasteiger partial charge in [0.2, 0.25) is 0 Å². The summed E-state index contributed by atoms with van der Waals surface area (Å²) in [4.78, 5) is 11.6. The first-order valence-corrected chi connectivity index (χ1v) is 5.50. The lowest BCUT2D eigenvalue weighted by atomic mass is 9.95. The van der Waals surface area contributed by atoms with Gasteiger partial charge in [-0.05, 0) is 31.0 Å². The Morgan fingerprint density at radius 3 is 2.69 bits per heavy atom. The molecule has 3 heteroatoms. The summed E-state index contributed by atoms with van der Waals surface area (Å²) in [5.74, 6) is -0.465. The zero-order chi connectivity index (χ0) is 11.8. The van der Waals surface area contributed by atoms with Crippen molar-refractivity contribution in [3.63, 3.8) is 0 Å². The molecular formula is C13H15FO2. The minimum atomic E-state index is -0.249. The number of ether oxygens (including phenoxy) is 1. The summed E-state index contributed by atoms with van der Waals surface area (Å²) in [5.41, 5.74) is 0.840. The molecule has 0 heterocycles. The van der Waals surface area contributed by atoms with Crippen LogP contribution in [0.3, 0.4) is 0 Å². The average Bonchev–Trinajstić information content (AvgIpc) is 2.93. The molecule has 0 unspecified atom stereocenters. The van der Waals surface area contributed by atoms with E-state index in [2.05, 4.69) is 0 Å². The lowest BCUT2D eigenvalue weighted by molar-refractivity contribution is -0.145. The lowest BCUT2D eigenvalue weighted by Crippen LogP contribution is -2.14. The Morgan fingerprint density at radius 2 is 2.12 bits per heavy atom. The van der Waals surface area contributed by atoms with Crippen molar-refractivity contribution in [3.05, 3.63) is 35.6 Å². The molecule has 1 aromatic rings. The van der Waals surface area contributed by atoms with Gasteiger partial charge in [0.25, 0.3) is 0 Å². The van der Waals surface area contributed by atoms with Crippen LogP contribution >= 0.6 is 0 Å². The van der Waals surface area contributed by atoms with E-state index in [4.69, 9.17) is 4.74 Å². The summed E-state index contributed by atoms with van der Waals surface area (Å²) in [6.07, 6.45) is 0.789. The summed E-state index contributed by atoms with van der Waals surface area (Å²) in [6, 6.07) is 6.35. The average molecular weight is 222 g/mol. The Labute approximate surface area is 94.4 Å². The second-order valence-electron chi connectivity index (χ2n) is 4.43. The predicted octanol–water partition coefficient (Wildman–Crippen LogP) is 2.67. The molecule has 2 atom stereocenters. The normalized spacial score (nSPS) is 27.6. The standard InChI is InChI=1S/C13H15FO2/c1-3-16-12(15)11-8-13(11,2)9-4-6-10(14)7-5-9/h4-7,11H,3,8H2,1-2H3/t11-,13+/m0/s1. The van der Waals surface area contributed by atoms with Crippen LogP contribution in [0.25, 0.3) is 0 Å². The summed E-state index contributed by atoms with van der Waals surface area (Å²) in [7, 11) is 0. The van der Waals surface area contributed by atoms with E-state index in [0.29, 0.717) is 6.61 Å². The maximum atomic E-state index is 12.8. The van der Waals surface area contributed by atoms with Crippen molar-refractivity contribution in [2.75, 3.05) is 6.61 Å².